The largest absolute Gasteiger partial charge is 0.344 e. The molecule has 0 rings (SSSR count). The first-order chi connectivity index (χ1) is 2.73. The summed E-state index contributed by atoms with van der Waals surface area (Å²) >= 11 is 0. The maximum absolute atomic E-state index is 4.50. The van der Waals surface area contributed by atoms with Crippen LogP contribution in [-0.4, -0.2) is 33.1 Å². The molecule has 0 aliphatic rings. The van der Waals surface area contributed by atoms with Gasteiger partial charge in [0.1, 0.15) is 0 Å². The maximum Gasteiger partial charge on any atom is -0.0140 e. The monoisotopic (exact) mass is 107 g/mol. The number of rotatable bonds is 0. The van der Waals surface area contributed by atoms with Gasteiger partial charge >= 0.3 is 0 Å². The third-order valence-electron chi connectivity index (χ3n) is 0. The van der Waals surface area contributed by atoms with Crippen LogP contribution in [0, 0.1) is 0 Å². The molecule has 0 unspecified atom stereocenters. The standard InChI is InChI=1S/C3H9N.CH5N.H3N/c1-4(2)3;1-2;/h1-3H3;2H2,1H3;1H3. The number of hydrogen-bond acceptors (Lipinski definition) is 3. The molecule has 3 heteroatoms. The summed E-state index contributed by atoms with van der Waals surface area (Å²) in [6.07, 6.45) is 0. The smallest absolute Gasteiger partial charge is 0.0140 e. The van der Waals surface area contributed by atoms with E-state index < -0.39 is 0 Å². The van der Waals surface area contributed by atoms with Crippen LogP contribution in [0.2, 0.25) is 0 Å². The fourth-order valence-corrected chi connectivity index (χ4v) is 0. The lowest BCUT2D eigenvalue weighted by Crippen LogP contribution is -1.99. The van der Waals surface area contributed by atoms with Gasteiger partial charge in [-0.15, -0.1) is 0 Å². The van der Waals surface area contributed by atoms with E-state index in [1.807, 2.05) is 26.0 Å². The first-order valence-corrected chi connectivity index (χ1v) is 1.92. The highest BCUT2D eigenvalue weighted by molar-refractivity contribution is 4.09. The van der Waals surface area contributed by atoms with E-state index >= 15 is 0 Å². The lowest BCUT2D eigenvalue weighted by Gasteiger charge is -1.90. The van der Waals surface area contributed by atoms with E-state index in [2.05, 4.69) is 5.73 Å². The van der Waals surface area contributed by atoms with Gasteiger partial charge in [0.05, 0.1) is 0 Å². The Morgan fingerprint density at radius 1 is 1.00 bits per heavy atom. The second kappa shape index (κ2) is 16.9. The molecule has 0 aromatic rings. The number of hydrogen-bond donors (Lipinski definition) is 2. The zero-order valence-electron chi connectivity index (χ0n) is 5.73. The zero-order valence-corrected chi connectivity index (χ0v) is 5.73. The zero-order chi connectivity index (χ0) is 5.58. The van der Waals surface area contributed by atoms with Gasteiger partial charge in [-0.1, -0.05) is 0 Å². The van der Waals surface area contributed by atoms with E-state index in [0.717, 1.165) is 0 Å². The maximum atomic E-state index is 4.50. The van der Waals surface area contributed by atoms with Crippen molar-refractivity contribution in [1.82, 2.24) is 11.1 Å². The normalized spacial score (nSPS) is 6.00. The van der Waals surface area contributed by atoms with Crippen molar-refractivity contribution in [2.24, 2.45) is 5.73 Å². The van der Waals surface area contributed by atoms with Crippen molar-refractivity contribution in [2.45, 2.75) is 0 Å². The molecular weight excluding hydrogens is 90.1 g/mol. The summed E-state index contributed by atoms with van der Waals surface area (Å²) in [4.78, 5) is 2.00. The molecule has 0 aliphatic heterocycles. The van der Waals surface area contributed by atoms with Gasteiger partial charge in [0.25, 0.3) is 0 Å². The fraction of sp³-hybridized carbons (Fsp3) is 1.00. The molecule has 0 fully saturated rings. The van der Waals surface area contributed by atoms with Crippen LogP contribution in [0.3, 0.4) is 0 Å². The van der Waals surface area contributed by atoms with Crippen molar-refractivity contribution in [3.8, 4) is 0 Å². The van der Waals surface area contributed by atoms with Crippen LogP contribution in [0.15, 0.2) is 0 Å². The molecule has 0 bridgehead atoms. The van der Waals surface area contributed by atoms with E-state index in [-0.39, 0.29) is 6.15 Å². The molecule has 7 heavy (non-hydrogen) atoms. The van der Waals surface area contributed by atoms with Gasteiger partial charge in [-0.2, -0.15) is 0 Å². The Bertz CT molecular complexity index is 11.7. The first-order valence-electron chi connectivity index (χ1n) is 1.92. The van der Waals surface area contributed by atoms with E-state index in [4.69, 9.17) is 0 Å². The van der Waals surface area contributed by atoms with E-state index in [1.165, 1.54) is 7.05 Å². The highest BCUT2D eigenvalue weighted by Crippen LogP contribution is 1.47. The number of nitrogens with zero attached hydrogens (tertiary/aromatic N) is 1. The second-order valence-electron chi connectivity index (χ2n) is 1.34. The molecule has 0 atom stereocenters. The summed E-state index contributed by atoms with van der Waals surface area (Å²) in [5.41, 5.74) is 4.50. The second-order valence-corrected chi connectivity index (χ2v) is 1.34. The highest BCUT2D eigenvalue weighted by Gasteiger charge is 1.58. The molecule has 0 saturated heterocycles. The van der Waals surface area contributed by atoms with Crippen LogP contribution < -0.4 is 11.9 Å². The molecule has 0 aromatic heterocycles. The minimum Gasteiger partial charge on any atom is -0.344 e. The van der Waals surface area contributed by atoms with Crippen LogP contribution in [0.5, 0.6) is 0 Å². The quantitative estimate of drug-likeness (QED) is 0.455. The van der Waals surface area contributed by atoms with Crippen LogP contribution in [0.1, 0.15) is 0 Å². The summed E-state index contributed by atoms with van der Waals surface area (Å²) in [5, 5.41) is 0. The van der Waals surface area contributed by atoms with Gasteiger partial charge in [0.15, 0.2) is 0 Å². The van der Waals surface area contributed by atoms with Gasteiger partial charge in [0.2, 0.25) is 0 Å². The summed E-state index contributed by atoms with van der Waals surface area (Å²) in [6.45, 7) is 0. The minimum absolute atomic E-state index is 0. The van der Waals surface area contributed by atoms with Gasteiger partial charge < -0.3 is 16.8 Å². The average molecular weight is 107 g/mol. The Morgan fingerprint density at radius 2 is 1.00 bits per heavy atom. The third-order valence-corrected chi connectivity index (χ3v) is 0. The van der Waals surface area contributed by atoms with E-state index in [0.29, 0.717) is 0 Å². The minimum atomic E-state index is 0. The van der Waals surface area contributed by atoms with Crippen molar-refractivity contribution >= 4 is 0 Å². The predicted octanol–water partition coefficient (Wildman–Crippen LogP) is -0.0853. The molecular formula is C4H17N3. The topological polar surface area (TPSA) is 64.3 Å². The fourth-order valence-electron chi connectivity index (χ4n) is 0. The summed E-state index contributed by atoms with van der Waals surface area (Å²) in [5.74, 6) is 0. The SMILES string of the molecule is CN.CN(C)C.N. The Kier molecular flexibility index (Phi) is 38.1. The molecule has 0 saturated carbocycles. The van der Waals surface area contributed by atoms with E-state index in [1.54, 1.807) is 0 Å². The summed E-state index contributed by atoms with van der Waals surface area (Å²) < 4.78 is 0. The van der Waals surface area contributed by atoms with Crippen LogP contribution in [0.25, 0.3) is 0 Å². The average Bonchev–Trinajstić information content (AvgIpc) is 1.41. The van der Waals surface area contributed by atoms with Crippen molar-refractivity contribution < 1.29 is 0 Å². The lowest BCUT2D eigenvalue weighted by molar-refractivity contribution is 0.505. The van der Waals surface area contributed by atoms with Crippen LogP contribution in [-0.2, 0) is 0 Å². The molecule has 3 nitrogen and oxygen atoms in total. The van der Waals surface area contributed by atoms with Crippen molar-refractivity contribution in [2.75, 3.05) is 28.2 Å². The van der Waals surface area contributed by atoms with Crippen molar-refractivity contribution in [1.29, 1.82) is 0 Å². The Balaban J connectivity index is -0.0000000480. The van der Waals surface area contributed by atoms with Crippen molar-refractivity contribution in [3.63, 3.8) is 0 Å². The highest BCUT2D eigenvalue weighted by atomic mass is 15.0. The Labute approximate surface area is 46.1 Å². The van der Waals surface area contributed by atoms with Gasteiger partial charge in [-0.3, -0.25) is 0 Å². The molecule has 0 radical (unpaired) electrons. The molecule has 0 amide bonds. The summed E-state index contributed by atoms with van der Waals surface area (Å²) in [7, 11) is 7.50. The molecule has 0 heterocycles. The van der Waals surface area contributed by atoms with Crippen LogP contribution >= 0.6 is 0 Å². The lowest BCUT2D eigenvalue weighted by atomic mass is 11.0. The molecule has 0 aliphatic carbocycles. The molecule has 0 spiro atoms. The molecule has 5 N–H and O–H groups in total. The van der Waals surface area contributed by atoms with Crippen molar-refractivity contribution in [3.05, 3.63) is 0 Å². The third kappa shape index (κ3) is 6150. The van der Waals surface area contributed by atoms with E-state index in [9.17, 15) is 0 Å². The van der Waals surface area contributed by atoms with Gasteiger partial charge in [-0.05, 0) is 28.2 Å². The van der Waals surface area contributed by atoms with Gasteiger partial charge in [-0.25, -0.2) is 0 Å². The van der Waals surface area contributed by atoms with Gasteiger partial charge in [0, 0.05) is 0 Å². The Morgan fingerprint density at radius 3 is 1.00 bits per heavy atom. The predicted molar refractivity (Wildman–Crippen MR) is 34.7 cm³/mol. The number of nitrogens with two attached hydrogens (primary N) is 1. The van der Waals surface area contributed by atoms with Crippen LogP contribution in [0.4, 0.5) is 0 Å². The summed E-state index contributed by atoms with van der Waals surface area (Å²) in [6, 6.07) is 0. The molecule has 48 valence electrons. The Hall–Kier alpha value is -0.120. The first kappa shape index (κ1) is 15.8. The molecule has 0 aromatic carbocycles.